The first-order chi connectivity index (χ1) is 9.10. The van der Waals surface area contributed by atoms with Crippen LogP contribution in [0.15, 0.2) is 24.3 Å². The molecule has 1 unspecified atom stereocenters. The van der Waals surface area contributed by atoms with Crippen LogP contribution < -0.4 is 10.5 Å². The summed E-state index contributed by atoms with van der Waals surface area (Å²) in [6.45, 7) is -0.934. The normalized spacial score (nSPS) is 18.9. The van der Waals surface area contributed by atoms with Crippen LogP contribution in [0.1, 0.15) is 16.8 Å². The Labute approximate surface area is 110 Å². The first-order valence-corrected chi connectivity index (χ1v) is 6.14. The molecule has 4 nitrogen and oxygen atoms in total. The second-order valence-corrected chi connectivity index (χ2v) is 4.54. The smallest absolute Gasteiger partial charge is 0.387 e. The van der Waals surface area contributed by atoms with Gasteiger partial charge >= 0.3 is 6.61 Å². The summed E-state index contributed by atoms with van der Waals surface area (Å²) in [5.41, 5.74) is 6.05. The van der Waals surface area contributed by atoms with Gasteiger partial charge in [0.2, 0.25) is 0 Å². The number of benzene rings is 1. The Morgan fingerprint density at radius 3 is 2.63 bits per heavy atom. The standard InChI is InChI=1S/C13H16F2N2O2/c14-13(15)19-11-3-1-10(2-4-11)12(18)17-6-5-9(7-16)8-17/h1-4,9,13H,5-8,16H2. The highest BCUT2D eigenvalue weighted by atomic mass is 19.3. The zero-order valence-electron chi connectivity index (χ0n) is 10.4. The van der Waals surface area contributed by atoms with Gasteiger partial charge in [-0.2, -0.15) is 8.78 Å². The van der Waals surface area contributed by atoms with Gasteiger partial charge in [-0.3, -0.25) is 4.79 Å². The van der Waals surface area contributed by atoms with Gasteiger partial charge in [0, 0.05) is 18.7 Å². The predicted octanol–water partition coefficient (Wildman–Crippen LogP) is 1.71. The molecule has 2 rings (SSSR count). The molecule has 1 fully saturated rings. The Morgan fingerprint density at radius 1 is 1.42 bits per heavy atom. The first-order valence-electron chi connectivity index (χ1n) is 6.14. The highest BCUT2D eigenvalue weighted by molar-refractivity contribution is 5.94. The van der Waals surface area contributed by atoms with Crippen LogP contribution in [0.5, 0.6) is 5.75 Å². The molecule has 0 saturated carbocycles. The van der Waals surface area contributed by atoms with Gasteiger partial charge in [-0.1, -0.05) is 0 Å². The quantitative estimate of drug-likeness (QED) is 0.906. The third kappa shape index (κ3) is 3.41. The van der Waals surface area contributed by atoms with Gasteiger partial charge in [0.1, 0.15) is 5.75 Å². The number of amides is 1. The topological polar surface area (TPSA) is 55.6 Å². The summed E-state index contributed by atoms with van der Waals surface area (Å²) in [6, 6.07) is 5.73. The third-order valence-corrected chi connectivity index (χ3v) is 3.23. The highest BCUT2D eigenvalue weighted by Crippen LogP contribution is 2.20. The molecule has 0 spiro atoms. The molecular weight excluding hydrogens is 254 g/mol. The number of hydrogen-bond acceptors (Lipinski definition) is 3. The lowest BCUT2D eigenvalue weighted by Crippen LogP contribution is -2.29. The van der Waals surface area contributed by atoms with Crippen LogP contribution in [0.3, 0.4) is 0 Å². The van der Waals surface area contributed by atoms with E-state index in [1.165, 1.54) is 24.3 Å². The van der Waals surface area contributed by atoms with E-state index in [1.807, 2.05) is 0 Å². The van der Waals surface area contributed by atoms with E-state index in [0.717, 1.165) is 6.42 Å². The molecule has 1 aliphatic rings. The number of nitrogens with zero attached hydrogens (tertiary/aromatic N) is 1. The Kier molecular flexibility index (Phi) is 4.31. The molecule has 1 saturated heterocycles. The van der Waals surface area contributed by atoms with Crippen LogP contribution in [0.2, 0.25) is 0 Å². The molecule has 1 amide bonds. The molecular formula is C13H16F2N2O2. The van der Waals surface area contributed by atoms with E-state index in [9.17, 15) is 13.6 Å². The molecule has 104 valence electrons. The molecule has 0 aromatic heterocycles. The Bertz CT molecular complexity index is 437. The van der Waals surface area contributed by atoms with E-state index in [0.29, 0.717) is 31.1 Å². The van der Waals surface area contributed by atoms with Crippen molar-refractivity contribution >= 4 is 5.91 Å². The van der Waals surface area contributed by atoms with Crippen LogP contribution in [0.25, 0.3) is 0 Å². The fraction of sp³-hybridized carbons (Fsp3) is 0.462. The van der Waals surface area contributed by atoms with Gasteiger partial charge < -0.3 is 15.4 Å². The lowest BCUT2D eigenvalue weighted by molar-refractivity contribution is -0.0498. The summed E-state index contributed by atoms with van der Waals surface area (Å²) >= 11 is 0. The highest BCUT2D eigenvalue weighted by Gasteiger charge is 2.25. The zero-order valence-corrected chi connectivity index (χ0v) is 10.4. The summed E-state index contributed by atoms with van der Waals surface area (Å²) in [7, 11) is 0. The molecule has 0 bridgehead atoms. The van der Waals surface area contributed by atoms with Crippen LogP contribution in [0, 0.1) is 5.92 Å². The number of rotatable bonds is 4. The third-order valence-electron chi connectivity index (χ3n) is 3.23. The van der Waals surface area contributed by atoms with E-state index in [-0.39, 0.29) is 11.7 Å². The largest absolute Gasteiger partial charge is 0.435 e. The fourth-order valence-electron chi connectivity index (χ4n) is 2.17. The number of hydrogen-bond donors (Lipinski definition) is 1. The van der Waals surface area contributed by atoms with E-state index in [4.69, 9.17) is 5.73 Å². The number of ether oxygens (including phenoxy) is 1. The Balaban J connectivity index is 2.00. The second kappa shape index (κ2) is 5.97. The van der Waals surface area contributed by atoms with Crippen molar-refractivity contribution in [3.8, 4) is 5.75 Å². The summed E-state index contributed by atoms with van der Waals surface area (Å²) in [4.78, 5) is 13.9. The number of carbonyl (C=O) groups excluding carboxylic acids is 1. The van der Waals surface area contributed by atoms with Crippen molar-refractivity contribution in [2.45, 2.75) is 13.0 Å². The average Bonchev–Trinajstić information content (AvgIpc) is 2.87. The predicted molar refractivity (Wildman–Crippen MR) is 66.1 cm³/mol. The van der Waals surface area contributed by atoms with Crippen molar-refractivity contribution in [1.29, 1.82) is 0 Å². The summed E-state index contributed by atoms with van der Waals surface area (Å²) < 4.78 is 28.2. The van der Waals surface area contributed by atoms with Gasteiger partial charge in [-0.05, 0) is 43.1 Å². The molecule has 1 aliphatic heterocycles. The molecule has 1 atom stereocenters. The van der Waals surface area contributed by atoms with Crippen LogP contribution in [-0.4, -0.2) is 37.1 Å². The van der Waals surface area contributed by atoms with Crippen LogP contribution in [-0.2, 0) is 0 Å². The van der Waals surface area contributed by atoms with E-state index < -0.39 is 6.61 Å². The molecule has 2 N–H and O–H groups in total. The minimum absolute atomic E-state index is 0.0489. The lowest BCUT2D eigenvalue weighted by Gasteiger charge is -2.16. The summed E-state index contributed by atoms with van der Waals surface area (Å²) in [5.74, 6) is 0.303. The van der Waals surface area contributed by atoms with Crippen molar-refractivity contribution in [1.82, 2.24) is 4.90 Å². The number of carbonyl (C=O) groups is 1. The minimum atomic E-state index is -2.86. The van der Waals surface area contributed by atoms with Gasteiger partial charge in [-0.25, -0.2) is 0 Å². The average molecular weight is 270 g/mol. The van der Waals surface area contributed by atoms with Gasteiger partial charge in [0.05, 0.1) is 0 Å². The molecule has 1 aromatic rings. The second-order valence-electron chi connectivity index (χ2n) is 4.54. The molecule has 1 aromatic carbocycles. The molecule has 19 heavy (non-hydrogen) atoms. The number of likely N-dealkylation sites (tertiary alicyclic amines) is 1. The monoisotopic (exact) mass is 270 g/mol. The molecule has 0 aliphatic carbocycles. The summed E-state index contributed by atoms with van der Waals surface area (Å²) in [6.07, 6.45) is 0.912. The minimum Gasteiger partial charge on any atom is -0.435 e. The van der Waals surface area contributed by atoms with E-state index >= 15 is 0 Å². The maximum absolute atomic E-state index is 12.1. The van der Waals surface area contributed by atoms with E-state index in [1.54, 1.807) is 4.90 Å². The summed E-state index contributed by atoms with van der Waals surface area (Å²) in [5, 5.41) is 0. The van der Waals surface area contributed by atoms with Gasteiger partial charge in [-0.15, -0.1) is 0 Å². The molecule has 6 heteroatoms. The van der Waals surface area contributed by atoms with Gasteiger partial charge in [0.15, 0.2) is 0 Å². The zero-order chi connectivity index (χ0) is 13.8. The maximum Gasteiger partial charge on any atom is 0.387 e. The molecule has 0 radical (unpaired) electrons. The first kappa shape index (κ1) is 13.7. The van der Waals surface area contributed by atoms with Crippen LogP contribution >= 0.6 is 0 Å². The van der Waals surface area contributed by atoms with Crippen molar-refractivity contribution in [3.05, 3.63) is 29.8 Å². The Hall–Kier alpha value is -1.69. The fourth-order valence-corrected chi connectivity index (χ4v) is 2.17. The van der Waals surface area contributed by atoms with Crippen molar-refractivity contribution in [2.75, 3.05) is 19.6 Å². The SMILES string of the molecule is NCC1CCN(C(=O)c2ccc(OC(F)F)cc2)C1. The molecule has 1 heterocycles. The van der Waals surface area contributed by atoms with E-state index in [2.05, 4.69) is 4.74 Å². The number of alkyl halides is 2. The van der Waals surface area contributed by atoms with Crippen LogP contribution in [0.4, 0.5) is 8.78 Å². The Morgan fingerprint density at radius 2 is 2.11 bits per heavy atom. The lowest BCUT2D eigenvalue weighted by atomic mass is 10.1. The van der Waals surface area contributed by atoms with Crippen molar-refractivity contribution < 1.29 is 18.3 Å². The van der Waals surface area contributed by atoms with Gasteiger partial charge in [0.25, 0.3) is 5.91 Å². The van der Waals surface area contributed by atoms with Crippen molar-refractivity contribution in [3.63, 3.8) is 0 Å². The van der Waals surface area contributed by atoms with Crippen molar-refractivity contribution in [2.24, 2.45) is 11.7 Å². The maximum atomic E-state index is 12.1. The number of halogens is 2. The number of nitrogens with two attached hydrogens (primary N) is 1.